The number of carbonyl (C=O) groups excluding carboxylic acids is 14. The van der Waals surface area contributed by atoms with Crippen LogP contribution in [0.15, 0.2) is 72.8 Å². The van der Waals surface area contributed by atoms with Crippen LogP contribution in [0.2, 0.25) is 0 Å². The number of halogens is 4. The third kappa shape index (κ3) is 28.4. The molecule has 4 aliphatic rings. The Balaban J connectivity index is 0.000000285. The summed E-state index contributed by atoms with van der Waals surface area (Å²) < 4.78 is 93.5. The number of esters is 2. The zero-order chi connectivity index (χ0) is 111. The first kappa shape index (κ1) is 117. The van der Waals surface area contributed by atoms with Gasteiger partial charge in [-0.25, -0.2) is 36.7 Å². The van der Waals surface area contributed by atoms with E-state index >= 15 is 8.78 Å². The molecular formula is C108H148F4N16O22. The van der Waals surface area contributed by atoms with E-state index in [9.17, 15) is 86.1 Å². The molecular weight excluding hydrogens is 1950 g/mol. The molecule has 4 aromatic carbocycles. The number of H-pyrrole nitrogens is 4. The number of fused-ring (bicyclic) bond motifs is 4. The van der Waals surface area contributed by atoms with Gasteiger partial charge in [-0.1, -0.05) is 27.7 Å². The summed E-state index contributed by atoms with van der Waals surface area (Å²) >= 11 is 0. The van der Waals surface area contributed by atoms with Gasteiger partial charge in [0.1, 0.15) is 106 Å². The summed E-state index contributed by atoms with van der Waals surface area (Å²) in [7, 11) is 5.71. The van der Waals surface area contributed by atoms with Gasteiger partial charge in [-0.2, -0.15) is 0 Å². The van der Waals surface area contributed by atoms with Gasteiger partial charge < -0.3 is 99.4 Å². The van der Waals surface area contributed by atoms with Crippen molar-refractivity contribution in [3.8, 4) is 22.8 Å². The van der Waals surface area contributed by atoms with Crippen LogP contribution in [0.5, 0.6) is 0 Å². The van der Waals surface area contributed by atoms with Crippen molar-refractivity contribution in [3.63, 3.8) is 0 Å². The molecule has 0 saturated carbocycles. The lowest BCUT2D eigenvalue weighted by Gasteiger charge is -2.31. The number of β-amino-alcohol motifs (C(OH)–C–C–N with tert-alkyl or cyclic N) is 2. The van der Waals surface area contributed by atoms with Gasteiger partial charge >= 0.3 is 36.3 Å². The molecule has 38 nitrogen and oxygen atoms in total. The van der Waals surface area contributed by atoms with Crippen molar-refractivity contribution < 1.29 is 123 Å². The van der Waals surface area contributed by atoms with Crippen molar-refractivity contribution in [1.82, 2.24) is 80.4 Å². The summed E-state index contributed by atoms with van der Waals surface area (Å²) in [5.41, 5.74) is 2.84. The molecule has 0 aliphatic carbocycles. The largest absolute Gasteiger partial charge is 0.461 e. The number of aromatic nitrogens is 4. The number of aromatic amines is 4. The fourth-order valence-corrected chi connectivity index (χ4v) is 19.6. The first-order chi connectivity index (χ1) is 70.0. The van der Waals surface area contributed by atoms with E-state index in [0.29, 0.717) is 88.6 Å². The predicted molar refractivity (Wildman–Crippen MR) is 552 cm³/mol. The number of ether oxygens (including phenoxy) is 6. The molecule has 820 valence electrons. The topological polar surface area (TPSA) is 472 Å². The number of carbonyl (C=O) groups is 14. The van der Waals surface area contributed by atoms with E-state index < -0.39 is 226 Å². The van der Waals surface area contributed by atoms with Crippen LogP contribution in [-0.4, -0.2) is 327 Å². The van der Waals surface area contributed by atoms with Gasteiger partial charge in [0.25, 0.3) is 0 Å². The minimum absolute atomic E-state index is 0.0142. The number of benzene rings is 4. The van der Waals surface area contributed by atoms with Crippen LogP contribution < -0.4 is 21.3 Å². The molecule has 0 spiro atoms. The van der Waals surface area contributed by atoms with E-state index in [0.717, 1.165) is 19.6 Å². The smallest absolute Gasteiger partial charge is 0.410 e. The maximum atomic E-state index is 15.2. The third-order valence-corrected chi connectivity index (χ3v) is 27.7. The number of hydrogen-bond donors (Lipinski definition) is 10. The molecule has 4 aliphatic heterocycles. The van der Waals surface area contributed by atoms with E-state index in [4.69, 9.17) is 28.4 Å². The molecule has 42 heteroatoms. The quantitative estimate of drug-likeness (QED) is 0.0106. The number of aliphatic hydroxyl groups excluding tert-OH is 2. The van der Waals surface area contributed by atoms with E-state index in [1.807, 2.05) is 0 Å². The van der Waals surface area contributed by atoms with Gasteiger partial charge in [0, 0.05) is 136 Å². The van der Waals surface area contributed by atoms with Gasteiger partial charge in [-0.15, -0.1) is 0 Å². The van der Waals surface area contributed by atoms with Crippen molar-refractivity contribution in [3.05, 3.63) is 118 Å². The minimum atomic E-state index is -1.06. The van der Waals surface area contributed by atoms with Gasteiger partial charge in [-0.3, -0.25) is 67.5 Å². The summed E-state index contributed by atoms with van der Waals surface area (Å²) in [6, 6.07) is 6.31. The first-order valence-corrected chi connectivity index (χ1v) is 51.2. The predicted octanol–water partition coefficient (Wildman–Crippen LogP) is 12.9. The van der Waals surface area contributed by atoms with Crippen LogP contribution >= 0.6 is 0 Å². The van der Waals surface area contributed by atoms with Gasteiger partial charge in [0.2, 0.25) is 47.3 Å². The molecule has 10 N–H and O–H groups in total. The minimum Gasteiger partial charge on any atom is -0.461 e. The van der Waals surface area contributed by atoms with E-state index in [1.54, 1.807) is 145 Å². The Morgan fingerprint density at radius 3 is 0.740 bits per heavy atom. The van der Waals surface area contributed by atoms with E-state index in [2.05, 4.69) is 41.2 Å². The number of likely N-dealkylation sites (N-methyl/N-ethyl adjacent to an activating group) is 4. The average Bonchev–Trinajstić information content (AvgIpc) is 1.59. The number of likely N-dealkylation sites (tertiary alicyclic amines) is 4. The molecule has 0 radical (unpaired) electrons. The summed E-state index contributed by atoms with van der Waals surface area (Å²) in [6.45, 7) is 35.9. The Kier molecular flexibility index (Phi) is 37.2. The zero-order valence-corrected chi connectivity index (χ0v) is 90.6. The monoisotopic (exact) mass is 2100 g/mol. The highest BCUT2D eigenvalue weighted by atomic mass is 19.1. The summed E-state index contributed by atoms with van der Waals surface area (Å²) in [5.74, 6) is -7.41. The zero-order valence-electron chi connectivity index (χ0n) is 90.6. The molecule has 12 amide bonds. The second kappa shape index (κ2) is 47.8. The molecule has 0 bridgehead atoms. The number of aliphatic hydroxyl groups is 2. The second-order valence-electron chi connectivity index (χ2n) is 43.7. The molecule has 150 heavy (non-hydrogen) atoms. The summed E-state index contributed by atoms with van der Waals surface area (Å²) in [4.78, 5) is 213. The van der Waals surface area contributed by atoms with E-state index in [1.165, 1.54) is 128 Å². The lowest BCUT2D eigenvalue weighted by Crippen LogP contribution is -2.55. The molecule has 8 heterocycles. The average molecular weight is 2100 g/mol. The Morgan fingerprint density at radius 1 is 0.347 bits per heavy atom. The Hall–Kier alpha value is -13.5. The second-order valence-corrected chi connectivity index (χ2v) is 43.7. The molecule has 16 atom stereocenters. The third-order valence-electron chi connectivity index (χ3n) is 27.7. The molecule has 12 rings (SSSR count). The lowest BCUT2D eigenvalue weighted by molar-refractivity contribution is -0.147. The maximum Gasteiger partial charge on any atom is 0.410 e. The van der Waals surface area contributed by atoms with Crippen LogP contribution in [0.4, 0.5) is 36.7 Å². The Bertz CT molecular complexity index is 5970. The number of nitrogens with one attached hydrogen (secondary N) is 8. The number of nitrogens with zero attached hydrogens (tertiary/aromatic N) is 8. The molecule has 8 aromatic rings. The van der Waals surface area contributed by atoms with Crippen LogP contribution in [-0.2, 0) is 102 Å². The molecule has 4 fully saturated rings. The van der Waals surface area contributed by atoms with Gasteiger partial charge in [0.15, 0.2) is 0 Å². The lowest BCUT2D eigenvalue weighted by atomic mass is 9.94. The Labute approximate surface area is 870 Å². The van der Waals surface area contributed by atoms with E-state index in [-0.39, 0.29) is 103 Å². The standard InChI is InChI=1S/C56H76F2N8O12.C52H72F2N8O10/c1-15-43(61-49(69)29(3)63(13)53(73)77-55(7,8)9)51(71)65-27-37(75-31(5)67)23-35(65)25-41-39-19-17-33(57)21-45(39)59-47(41)48-42(40-20-18-34(58)22-46(40)60-48)26-36-24-38(76-32(6)68)28-66(36)52(72)44(16-2)62-50(70)30(4)64(14)54(74)78-56(10,11)12;1-13-39(57-45(65)27(3)59(11)49(69)71-51(5,6)7)47(67)61-25-33(63)21-31(61)23-37-35-17-15-29(53)19-41(35)55-43(37)44-38(36-18-16-30(54)20-42(36)56-44)24-32-22-34(64)26-62(32)48(68)40(14-2)58-46(66)28(4)60(12)50(70)72-52(8,9)10/h17-22,29-30,35-38,43-44,59-60H,15-16,23-28H2,1-14H3,(H,61,69)(H,62,70);15-20,27-28,31-34,39-40,55-56,63-64H,13-14,21-26H2,1-12H3,(H,57,65)(H,58,66)/t29-,30-,35-,36-,37-,38-,43-,44-;27-,28-,31-,32-,33-,34-,39-,40-/m00/s1. The summed E-state index contributed by atoms with van der Waals surface area (Å²) in [5, 5.41) is 35.9. The normalized spacial score (nSPS) is 19.6. The first-order valence-electron chi connectivity index (χ1n) is 51.2. The van der Waals surface area contributed by atoms with Crippen LogP contribution in [0, 0.1) is 23.3 Å². The van der Waals surface area contributed by atoms with Crippen molar-refractivity contribution >= 4 is 127 Å². The van der Waals surface area contributed by atoms with Crippen LogP contribution in [0.1, 0.15) is 226 Å². The summed E-state index contributed by atoms with van der Waals surface area (Å²) in [6.07, 6.45) is -4.19. The van der Waals surface area contributed by atoms with Crippen molar-refractivity contribution in [2.75, 3.05) is 54.4 Å². The SMILES string of the molecule is CC[C@H](NC(=O)[C@H](C)N(C)C(=O)OC(C)(C)C)C(=O)N1C[C@@H](O)C[C@H]1Cc1c(-c2[nH]c3cc(F)ccc3c2C[C@@H]2C[C@H](O)CN2C(=O)[C@H](CC)NC(=O)[C@H](C)N(C)C(=O)OC(C)(C)C)[nH]c2cc(F)ccc12.CC[C@H](NC(=O)[C@H](C)N(C)C(=O)OC(C)(C)C)C(=O)N1C[C@@H](OC(C)=O)C[C@H]1Cc1c(-c2[nH]c3cc(F)ccc3c2C[C@@H]2C[C@H](OC(C)=O)CN2C(=O)[C@H](CC)NC(=O)[C@H](C)N(C)C(=O)OC(C)(C)C)[nH]c2cc(F)ccc12. The molecule has 0 unspecified atom stereocenters. The number of rotatable bonds is 32. The maximum absolute atomic E-state index is 15.2. The Morgan fingerprint density at radius 2 is 0.547 bits per heavy atom. The van der Waals surface area contributed by atoms with Crippen molar-refractivity contribution in [2.24, 2.45) is 0 Å². The number of amides is 12. The van der Waals surface area contributed by atoms with Gasteiger partial charge in [0.05, 0.1) is 48.1 Å². The number of hydrogen-bond acceptors (Lipinski definition) is 22. The van der Waals surface area contributed by atoms with Gasteiger partial charge in [-0.05, 0) is 270 Å². The fourth-order valence-electron chi connectivity index (χ4n) is 19.6. The van der Waals surface area contributed by atoms with Crippen LogP contribution in [0.3, 0.4) is 0 Å². The molecule has 4 aromatic heterocycles. The highest BCUT2D eigenvalue weighted by molar-refractivity contribution is 6.01. The van der Waals surface area contributed by atoms with Crippen molar-refractivity contribution in [1.29, 1.82) is 0 Å². The fraction of sp³-hybridized carbons (Fsp3) is 0.574. The highest BCUT2D eigenvalue weighted by Crippen LogP contribution is 2.44. The highest BCUT2D eigenvalue weighted by Gasteiger charge is 2.48. The molecule has 4 saturated heterocycles. The van der Waals surface area contributed by atoms with Crippen LogP contribution in [0.25, 0.3) is 66.4 Å². The van der Waals surface area contributed by atoms with Crippen molar-refractivity contribution in [2.45, 2.75) is 349 Å².